The van der Waals surface area contributed by atoms with Gasteiger partial charge in [0.2, 0.25) is 0 Å². The molecule has 0 saturated heterocycles. The standard InChI is InChI=1S/C16H22N2O2S/c1-16(2,3)14-10-21-15(18-14)9-20-12-6-5-11(8-17)7-13(12)19-4/h5-7,10H,8-9,17H2,1-4H3. The van der Waals surface area contributed by atoms with Crippen LogP contribution in [0.4, 0.5) is 0 Å². The minimum Gasteiger partial charge on any atom is -0.493 e. The van der Waals surface area contributed by atoms with Gasteiger partial charge < -0.3 is 15.2 Å². The molecular formula is C16H22N2O2S. The highest BCUT2D eigenvalue weighted by molar-refractivity contribution is 7.09. The molecule has 1 aromatic carbocycles. The van der Waals surface area contributed by atoms with Gasteiger partial charge in [-0.05, 0) is 17.7 Å². The molecule has 2 N–H and O–H groups in total. The summed E-state index contributed by atoms with van der Waals surface area (Å²) in [6.45, 7) is 7.39. The summed E-state index contributed by atoms with van der Waals surface area (Å²) in [5.41, 5.74) is 7.80. The third kappa shape index (κ3) is 3.95. The molecule has 4 nitrogen and oxygen atoms in total. The number of rotatable bonds is 5. The smallest absolute Gasteiger partial charge is 0.161 e. The molecule has 5 heteroatoms. The van der Waals surface area contributed by atoms with Gasteiger partial charge in [0, 0.05) is 17.3 Å². The predicted molar refractivity (Wildman–Crippen MR) is 86.0 cm³/mol. The fourth-order valence-electron chi connectivity index (χ4n) is 1.82. The first-order valence-corrected chi connectivity index (χ1v) is 7.76. The minimum absolute atomic E-state index is 0.0647. The molecule has 2 rings (SSSR count). The Morgan fingerprint density at radius 2 is 2.00 bits per heavy atom. The summed E-state index contributed by atoms with van der Waals surface area (Å²) < 4.78 is 11.2. The van der Waals surface area contributed by atoms with Crippen LogP contribution in [0.15, 0.2) is 23.6 Å². The van der Waals surface area contributed by atoms with E-state index in [1.165, 1.54) is 0 Å². The van der Waals surface area contributed by atoms with E-state index in [1.54, 1.807) is 18.4 Å². The molecule has 0 aliphatic rings. The Morgan fingerprint density at radius 3 is 2.57 bits per heavy atom. The third-order valence-corrected chi connectivity index (χ3v) is 3.96. The fourth-order valence-corrected chi connectivity index (χ4v) is 2.75. The number of thiazole rings is 1. The molecule has 1 aromatic heterocycles. The number of benzene rings is 1. The summed E-state index contributed by atoms with van der Waals surface area (Å²) in [6.07, 6.45) is 0. The van der Waals surface area contributed by atoms with Crippen LogP contribution in [-0.4, -0.2) is 12.1 Å². The Kier molecular flexibility index (Phi) is 4.85. The molecule has 0 saturated carbocycles. The predicted octanol–water partition coefficient (Wildman–Crippen LogP) is 3.49. The SMILES string of the molecule is COc1cc(CN)ccc1OCc1nc(C(C)(C)C)cs1. The second-order valence-electron chi connectivity index (χ2n) is 5.85. The number of hydrogen-bond acceptors (Lipinski definition) is 5. The van der Waals surface area contributed by atoms with E-state index in [-0.39, 0.29) is 5.41 Å². The highest BCUT2D eigenvalue weighted by Gasteiger charge is 2.17. The fraction of sp³-hybridized carbons (Fsp3) is 0.438. The third-order valence-electron chi connectivity index (χ3n) is 3.14. The van der Waals surface area contributed by atoms with Gasteiger partial charge in [-0.25, -0.2) is 4.98 Å². The first-order valence-electron chi connectivity index (χ1n) is 6.88. The van der Waals surface area contributed by atoms with Crippen LogP contribution < -0.4 is 15.2 Å². The molecule has 0 atom stereocenters. The normalized spacial score (nSPS) is 11.5. The second kappa shape index (κ2) is 6.45. The summed E-state index contributed by atoms with van der Waals surface area (Å²) in [5, 5.41) is 3.05. The molecule has 1 heterocycles. The van der Waals surface area contributed by atoms with E-state index in [1.807, 2.05) is 18.2 Å². The summed E-state index contributed by atoms with van der Waals surface area (Å²) in [4.78, 5) is 4.62. The Bertz CT molecular complexity index is 603. The van der Waals surface area contributed by atoms with Crippen LogP contribution in [0.1, 0.15) is 37.0 Å². The zero-order valence-electron chi connectivity index (χ0n) is 13.0. The van der Waals surface area contributed by atoms with E-state index in [0.29, 0.717) is 24.7 Å². The lowest BCUT2D eigenvalue weighted by atomic mass is 9.93. The van der Waals surface area contributed by atoms with Crippen molar-refractivity contribution >= 4 is 11.3 Å². The van der Waals surface area contributed by atoms with E-state index in [9.17, 15) is 0 Å². The summed E-state index contributed by atoms with van der Waals surface area (Å²) in [7, 11) is 1.63. The lowest BCUT2D eigenvalue weighted by Crippen LogP contribution is -2.11. The van der Waals surface area contributed by atoms with Gasteiger partial charge in [0.05, 0.1) is 12.8 Å². The molecule has 0 aliphatic carbocycles. The molecule has 0 bridgehead atoms. The van der Waals surface area contributed by atoms with Crippen LogP contribution in [0.25, 0.3) is 0 Å². The van der Waals surface area contributed by atoms with Gasteiger partial charge in [-0.1, -0.05) is 26.8 Å². The summed E-state index contributed by atoms with van der Waals surface area (Å²) in [5.74, 6) is 1.41. The molecule has 0 spiro atoms. The lowest BCUT2D eigenvalue weighted by Gasteiger charge is -2.14. The van der Waals surface area contributed by atoms with Crippen molar-refractivity contribution in [1.82, 2.24) is 4.98 Å². The van der Waals surface area contributed by atoms with Crippen molar-refractivity contribution in [1.29, 1.82) is 0 Å². The number of aromatic nitrogens is 1. The van der Waals surface area contributed by atoms with Crippen molar-refractivity contribution in [2.75, 3.05) is 7.11 Å². The van der Waals surface area contributed by atoms with Crippen molar-refractivity contribution in [2.45, 2.75) is 39.3 Å². The molecule has 2 aromatic rings. The number of methoxy groups -OCH3 is 1. The van der Waals surface area contributed by atoms with Crippen LogP contribution >= 0.6 is 11.3 Å². The van der Waals surface area contributed by atoms with E-state index in [2.05, 4.69) is 31.1 Å². The molecule has 0 aliphatic heterocycles. The average Bonchev–Trinajstić information content (AvgIpc) is 2.94. The maximum Gasteiger partial charge on any atom is 0.161 e. The van der Waals surface area contributed by atoms with Crippen molar-refractivity contribution < 1.29 is 9.47 Å². The van der Waals surface area contributed by atoms with Crippen molar-refractivity contribution in [3.8, 4) is 11.5 Å². The quantitative estimate of drug-likeness (QED) is 0.918. The Balaban J connectivity index is 2.08. The van der Waals surface area contributed by atoms with Gasteiger partial charge in [0.1, 0.15) is 11.6 Å². The Labute approximate surface area is 129 Å². The highest BCUT2D eigenvalue weighted by Crippen LogP contribution is 2.30. The zero-order chi connectivity index (χ0) is 15.5. The first-order chi connectivity index (χ1) is 9.94. The number of ether oxygens (including phenoxy) is 2. The highest BCUT2D eigenvalue weighted by atomic mass is 32.1. The average molecular weight is 306 g/mol. The summed E-state index contributed by atoms with van der Waals surface area (Å²) in [6, 6.07) is 5.73. The number of nitrogens with two attached hydrogens (primary N) is 1. The van der Waals surface area contributed by atoms with Crippen molar-refractivity contribution in [3.63, 3.8) is 0 Å². The van der Waals surface area contributed by atoms with E-state index in [4.69, 9.17) is 15.2 Å². The van der Waals surface area contributed by atoms with E-state index in [0.717, 1.165) is 16.3 Å². The lowest BCUT2D eigenvalue weighted by molar-refractivity contribution is 0.283. The largest absolute Gasteiger partial charge is 0.493 e. The van der Waals surface area contributed by atoms with Gasteiger partial charge in [0.25, 0.3) is 0 Å². The van der Waals surface area contributed by atoms with Gasteiger partial charge in [0.15, 0.2) is 11.5 Å². The Hall–Kier alpha value is -1.59. The van der Waals surface area contributed by atoms with E-state index >= 15 is 0 Å². The van der Waals surface area contributed by atoms with Crippen LogP contribution in [0.2, 0.25) is 0 Å². The monoisotopic (exact) mass is 306 g/mol. The van der Waals surface area contributed by atoms with Crippen LogP contribution in [0.5, 0.6) is 11.5 Å². The van der Waals surface area contributed by atoms with Crippen LogP contribution in [0.3, 0.4) is 0 Å². The maximum absolute atomic E-state index is 5.82. The first kappa shape index (κ1) is 15.8. The van der Waals surface area contributed by atoms with Gasteiger partial charge in [-0.3, -0.25) is 0 Å². The minimum atomic E-state index is 0.0647. The maximum atomic E-state index is 5.82. The molecule has 0 radical (unpaired) electrons. The molecule has 0 fully saturated rings. The van der Waals surface area contributed by atoms with Gasteiger partial charge >= 0.3 is 0 Å². The number of nitrogens with zero attached hydrogens (tertiary/aromatic N) is 1. The van der Waals surface area contributed by atoms with Crippen molar-refractivity contribution in [2.24, 2.45) is 5.73 Å². The van der Waals surface area contributed by atoms with Gasteiger partial charge in [-0.15, -0.1) is 11.3 Å². The Morgan fingerprint density at radius 1 is 1.24 bits per heavy atom. The van der Waals surface area contributed by atoms with Crippen molar-refractivity contribution in [3.05, 3.63) is 39.8 Å². The molecule has 21 heavy (non-hydrogen) atoms. The molecule has 0 amide bonds. The topological polar surface area (TPSA) is 57.4 Å². The molecular weight excluding hydrogens is 284 g/mol. The van der Waals surface area contributed by atoms with Gasteiger partial charge in [-0.2, -0.15) is 0 Å². The summed E-state index contributed by atoms with van der Waals surface area (Å²) >= 11 is 1.62. The van der Waals surface area contributed by atoms with Crippen LogP contribution in [-0.2, 0) is 18.6 Å². The number of hydrogen-bond donors (Lipinski definition) is 1. The zero-order valence-corrected chi connectivity index (χ0v) is 13.8. The molecule has 0 unspecified atom stereocenters. The molecule has 114 valence electrons. The van der Waals surface area contributed by atoms with Crippen LogP contribution in [0, 0.1) is 0 Å². The second-order valence-corrected chi connectivity index (χ2v) is 6.80. The van der Waals surface area contributed by atoms with E-state index < -0.39 is 0 Å².